The molecule has 7 heteroatoms. The number of nitrogens with one attached hydrogen (secondary N) is 1. The fourth-order valence-electron chi connectivity index (χ4n) is 3.08. The van der Waals surface area contributed by atoms with Gasteiger partial charge in [-0.2, -0.15) is 5.10 Å². The molecule has 1 fully saturated rings. The van der Waals surface area contributed by atoms with Crippen molar-refractivity contribution in [1.82, 2.24) is 10.3 Å². The van der Waals surface area contributed by atoms with Crippen LogP contribution < -0.4 is 5.32 Å². The molecule has 1 unspecified atom stereocenters. The van der Waals surface area contributed by atoms with Crippen molar-refractivity contribution < 1.29 is 19.5 Å². The fourth-order valence-corrected chi connectivity index (χ4v) is 3.08. The van der Waals surface area contributed by atoms with Crippen molar-refractivity contribution in [2.24, 2.45) is 11.0 Å². The minimum atomic E-state index is -0.999. The van der Waals surface area contributed by atoms with Crippen LogP contribution in [0.5, 0.6) is 0 Å². The maximum absolute atomic E-state index is 12.3. The SMILES string of the molecule is CN1N=C(C(=O)NC(C(=O)O)C2CCCCCC2)CCC1=O. The summed E-state index contributed by atoms with van der Waals surface area (Å²) < 4.78 is 0. The van der Waals surface area contributed by atoms with E-state index in [4.69, 9.17) is 0 Å². The van der Waals surface area contributed by atoms with Crippen LogP contribution in [0, 0.1) is 5.92 Å². The number of hydrogen-bond acceptors (Lipinski definition) is 4. The maximum Gasteiger partial charge on any atom is 0.326 e. The van der Waals surface area contributed by atoms with Crippen molar-refractivity contribution in [2.75, 3.05) is 7.05 Å². The first-order chi connectivity index (χ1) is 10.5. The van der Waals surface area contributed by atoms with Crippen LogP contribution in [0.3, 0.4) is 0 Å². The van der Waals surface area contributed by atoms with Gasteiger partial charge in [0.05, 0.1) is 0 Å². The molecule has 1 aliphatic heterocycles. The van der Waals surface area contributed by atoms with Gasteiger partial charge in [0.15, 0.2) is 0 Å². The Kier molecular flexibility index (Phi) is 5.51. The van der Waals surface area contributed by atoms with Gasteiger partial charge in [-0.05, 0) is 18.8 Å². The fraction of sp³-hybridized carbons (Fsp3) is 0.733. The third-order valence-corrected chi connectivity index (χ3v) is 4.39. The van der Waals surface area contributed by atoms with Gasteiger partial charge in [-0.25, -0.2) is 9.80 Å². The first kappa shape index (κ1) is 16.5. The molecule has 2 N–H and O–H groups in total. The van der Waals surface area contributed by atoms with Crippen LogP contribution >= 0.6 is 0 Å². The molecule has 7 nitrogen and oxygen atoms in total. The van der Waals surface area contributed by atoms with E-state index in [9.17, 15) is 19.5 Å². The molecule has 2 rings (SSSR count). The van der Waals surface area contributed by atoms with Crippen molar-refractivity contribution in [1.29, 1.82) is 0 Å². The first-order valence-corrected chi connectivity index (χ1v) is 7.86. The number of carbonyl (C=O) groups is 3. The van der Waals surface area contributed by atoms with E-state index in [1.165, 1.54) is 7.05 Å². The summed E-state index contributed by atoms with van der Waals surface area (Å²) in [5, 5.41) is 17.1. The number of aliphatic carboxylic acids is 1. The van der Waals surface area contributed by atoms with E-state index in [2.05, 4.69) is 10.4 Å². The Morgan fingerprint density at radius 3 is 2.41 bits per heavy atom. The molecule has 0 aromatic carbocycles. The molecular formula is C15H23N3O4. The van der Waals surface area contributed by atoms with E-state index in [-0.39, 0.29) is 30.4 Å². The van der Waals surface area contributed by atoms with Crippen molar-refractivity contribution in [3.8, 4) is 0 Å². The summed E-state index contributed by atoms with van der Waals surface area (Å²) in [6, 6.07) is -0.878. The van der Waals surface area contributed by atoms with Gasteiger partial charge in [-0.15, -0.1) is 0 Å². The summed E-state index contributed by atoms with van der Waals surface area (Å²) >= 11 is 0. The van der Waals surface area contributed by atoms with E-state index < -0.39 is 17.9 Å². The molecule has 0 aromatic heterocycles. The number of carboxylic acids is 1. The number of hydrazone groups is 1. The Morgan fingerprint density at radius 1 is 1.23 bits per heavy atom. The van der Waals surface area contributed by atoms with Crippen LogP contribution in [-0.2, 0) is 14.4 Å². The lowest BCUT2D eigenvalue weighted by molar-refractivity contribution is -0.143. The normalized spacial score (nSPS) is 21.8. The van der Waals surface area contributed by atoms with Gasteiger partial charge < -0.3 is 10.4 Å². The highest BCUT2D eigenvalue weighted by Crippen LogP contribution is 2.26. The predicted molar refractivity (Wildman–Crippen MR) is 80.2 cm³/mol. The third-order valence-electron chi connectivity index (χ3n) is 4.39. The molecule has 0 radical (unpaired) electrons. The molecule has 22 heavy (non-hydrogen) atoms. The van der Waals surface area contributed by atoms with Crippen LogP contribution in [0.4, 0.5) is 0 Å². The lowest BCUT2D eigenvalue weighted by Crippen LogP contribution is -2.49. The van der Waals surface area contributed by atoms with Crippen LogP contribution in [0.25, 0.3) is 0 Å². The summed E-state index contributed by atoms with van der Waals surface area (Å²) in [5.41, 5.74) is 0.224. The molecule has 1 saturated carbocycles. The number of carbonyl (C=O) groups excluding carboxylic acids is 2. The minimum Gasteiger partial charge on any atom is -0.480 e. The number of amides is 2. The smallest absolute Gasteiger partial charge is 0.326 e. The highest BCUT2D eigenvalue weighted by molar-refractivity contribution is 6.39. The van der Waals surface area contributed by atoms with Gasteiger partial charge in [-0.3, -0.25) is 9.59 Å². The molecule has 1 aliphatic carbocycles. The summed E-state index contributed by atoms with van der Waals surface area (Å²) in [5.74, 6) is -1.65. The van der Waals surface area contributed by atoms with Gasteiger partial charge in [0, 0.05) is 19.9 Å². The summed E-state index contributed by atoms with van der Waals surface area (Å²) in [4.78, 5) is 35.1. The van der Waals surface area contributed by atoms with Crippen molar-refractivity contribution >= 4 is 23.5 Å². The Morgan fingerprint density at radius 2 is 1.86 bits per heavy atom. The second kappa shape index (κ2) is 7.38. The largest absolute Gasteiger partial charge is 0.480 e. The number of nitrogens with zero attached hydrogens (tertiary/aromatic N) is 2. The summed E-state index contributed by atoms with van der Waals surface area (Å²) in [6.45, 7) is 0. The molecule has 1 atom stereocenters. The topological polar surface area (TPSA) is 99.1 Å². The summed E-state index contributed by atoms with van der Waals surface area (Å²) in [6.07, 6.45) is 6.37. The average molecular weight is 309 g/mol. The van der Waals surface area contributed by atoms with E-state index in [1.54, 1.807) is 0 Å². The van der Waals surface area contributed by atoms with Gasteiger partial charge in [0.2, 0.25) is 5.91 Å². The highest BCUT2D eigenvalue weighted by atomic mass is 16.4. The lowest BCUT2D eigenvalue weighted by atomic mass is 9.91. The zero-order valence-electron chi connectivity index (χ0n) is 12.9. The number of rotatable bonds is 4. The number of carboxylic acid groups (broad SMARTS) is 1. The molecule has 2 amide bonds. The van der Waals surface area contributed by atoms with Crippen molar-refractivity contribution in [3.63, 3.8) is 0 Å². The Hall–Kier alpha value is -1.92. The molecular weight excluding hydrogens is 286 g/mol. The van der Waals surface area contributed by atoms with Crippen molar-refractivity contribution in [3.05, 3.63) is 0 Å². The second-order valence-electron chi connectivity index (χ2n) is 6.01. The van der Waals surface area contributed by atoms with E-state index in [1.807, 2.05) is 0 Å². The standard InChI is InChI=1S/C15H23N3O4/c1-18-12(19)9-8-11(17-18)14(20)16-13(15(21)22)10-6-4-2-3-5-7-10/h10,13H,2-9H2,1H3,(H,16,20)(H,21,22). The van der Waals surface area contributed by atoms with Crippen LogP contribution in [0.15, 0.2) is 5.10 Å². The van der Waals surface area contributed by atoms with Gasteiger partial charge in [0.25, 0.3) is 5.91 Å². The van der Waals surface area contributed by atoms with Crippen LogP contribution in [-0.4, -0.2) is 46.7 Å². The maximum atomic E-state index is 12.3. The predicted octanol–water partition coefficient (Wildman–Crippen LogP) is 1.13. The molecule has 0 bridgehead atoms. The Balaban J connectivity index is 2.04. The van der Waals surface area contributed by atoms with Gasteiger partial charge in [-0.1, -0.05) is 25.7 Å². The Bertz CT molecular complexity index is 481. The average Bonchev–Trinajstić information content (AvgIpc) is 2.76. The summed E-state index contributed by atoms with van der Waals surface area (Å²) in [7, 11) is 1.49. The monoisotopic (exact) mass is 309 g/mol. The molecule has 1 heterocycles. The molecule has 0 aromatic rings. The lowest BCUT2D eigenvalue weighted by Gasteiger charge is -2.25. The molecule has 2 aliphatic rings. The zero-order chi connectivity index (χ0) is 16.1. The first-order valence-electron chi connectivity index (χ1n) is 7.86. The van der Waals surface area contributed by atoms with Gasteiger partial charge >= 0.3 is 5.97 Å². The molecule has 0 saturated heterocycles. The van der Waals surface area contributed by atoms with Crippen LogP contribution in [0.1, 0.15) is 51.4 Å². The quantitative estimate of drug-likeness (QED) is 0.760. The third kappa shape index (κ3) is 4.05. The van der Waals surface area contributed by atoms with Crippen molar-refractivity contribution in [2.45, 2.75) is 57.4 Å². The number of hydrogen-bond donors (Lipinski definition) is 2. The minimum absolute atomic E-state index is 0.0347. The van der Waals surface area contributed by atoms with Crippen LogP contribution in [0.2, 0.25) is 0 Å². The zero-order valence-corrected chi connectivity index (χ0v) is 12.9. The Labute approximate surface area is 129 Å². The van der Waals surface area contributed by atoms with Gasteiger partial charge in [0.1, 0.15) is 11.8 Å². The van der Waals surface area contributed by atoms with E-state index in [0.29, 0.717) is 0 Å². The van der Waals surface area contributed by atoms with E-state index >= 15 is 0 Å². The second-order valence-corrected chi connectivity index (χ2v) is 6.01. The molecule has 0 spiro atoms. The molecule has 122 valence electrons. The van der Waals surface area contributed by atoms with E-state index in [0.717, 1.165) is 43.5 Å². The highest BCUT2D eigenvalue weighted by Gasteiger charge is 2.32.